The SMILES string of the molecule is CCNC(c1ccc(C)cc1)c1ccco1. The second kappa shape index (κ2) is 4.99. The molecule has 0 aliphatic rings. The van der Waals surface area contributed by atoms with E-state index in [2.05, 4.69) is 43.4 Å². The minimum absolute atomic E-state index is 0.153. The Hall–Kier alpha value is -1.54. The summed E-state index contributed by atoms with van der Waals surface area (Å²) in [7, 11) is 0. The summed E-state index contributed by atoms with van der Waals surface area (Å²) in [6, 6.07) is 12.6. The molecule has 1 atom stereocenters. The van der Waals surface area contributed by atoms with Crippen molar-refractivity contribution in [3.8, 4) is 0 Å². The number of aryl methyl sites for hydroxylation is 1. The highest BCUT2D eigenvalue weighted by Gasteiger charge is 2.14. The zero-order chi connectivity index (χ0) is 11.4. The Morgan fingerprint density at radius 2 is 1.94 bits per heavy atom. The Morgan fingerprint density at radius 3 is 2.50 bits per heavy atom. The van der Waals surface area contributed by atoms with Crippen molar-refractivity contribution in [1.82, 2.24) is 5.32 Å². The van der Waals surface area contributed by atoms with E-state index >= 15 is 0 Å². The van der Waals surface area contributed by atoms with Crippen molar-refractivity contribution in [2.45, 2.75) is 19.9 Å². The van der Waals surface area contributed by atoms with Crippen LogP contribution in [0.15, 0.2) is 47.1 Å². The van der Waals surface area contributed by atoms with Crippen LogP contribution in [0.5, 0.6) is 0 Å². The molecule has 2 rings (SSSR count). The van der Waals surface area contributed by atoms with Gasteiger partial charge in [-0.1, -0.05) is 36.8 Å². The van der Waals surface area contributed by atoms with E-state index < -0.39 is 0 Å². The first-order valence-electron chi connectivity index (χ1n) is 5.64. The van der Waals surface area contributed by atoms with E-state index in [1.165, 1.54) is 11.1 Å². The minimum atomic E-state index is 0.153. The van der Waals surface area contributed by atoms with Gasteiger partial charge >= 0.3 is 0 Å². The van der Waals surface area contributed by atoms with Gasteiger partial charge in [0.2, 0.25) is 0 Å². The van der Waals surface area contributed by atoms with Crippen LogP contribution in [0.2, 0.25) is 0 Å². The summed E-state index contributed by atoms with van der Waals surface area (Å²) < 4.78 is 5.47. The van der Waals surface area contributed by atoms with Crippen LogP contribution in [0.1, 0.15) is 29.9 Å². The van der Waals surface area contributed by atoms with Crippen LogP contribution in [0.3, 0.4) is 0 Å². The lowest BCUT2D eigenvalue weighted by molar-refractivity contribution is 0.452. The van der Waals surface area contributed by atoms with Gasteiger partial charge in [-0.2, -0.15) is 0 Å². The molecule has 1 aromatic heterocycles. The van der Waals surface area contributed by atoms with Crippen molar-refractivity contribution in [2.75, 3.05) is 6.54 Å². The Morgan fingerprint density at radius 1 is 1.19 bits per heavy atom. The van der Waals surface area contributed by atoms with Crippen LogP contribution in [-0.4, -0.2) is 6.54 Å². The molecule has 0 radical (unpaired) electrons. The molecule has 2 nitrogen and oxygen atoms in total. The summed E-state index contributed by atoms with van der Waals surface area (Å²) in [6.45, 7) is 5.11. The van der Waals surface area contributed by atoms with Crippen molar-refractivity contribution < 1.29 is 4.42 Å². The normalized spacial score (nSPS) is 12.6. The van der Waals surface area contributed by atoms with Gasteiger partial charge in [-0.3, -0.25) is 0 Å². The molecule has 0 spiro atoms. The molecule has 2 heteroatoms. The second-order valence-electron chi connectivity index (χ2n) is 3.92. The third kappa shape index (κ3) is 2.34. The van der Waals surface area contributed by atoms with Gasteiger partial charge in [-0.25, -0.2) is 0 Å². The van der Waals surface area contributed by atoms with Gasteiger partial charge < -0.3 is 9.73 Å². The molecular formula is C14H17NO. The van der Waals surface area contributed by atoms with E-state index in [4.69, 9.17) is 4.42 Å². The molecule has 0 aliphatic heterocycles. The van der Waals surface area contributed by atoms with Crippen LogP contribution in [0.4, 0.5) is 0 Å². The highest BCUT2D eigenvalue weighted by Crippen LogP contribution is 2.22. The van der Waals surface area contributed by atoms with Crippen molar-refractivity contribution >= 4 is 0 Å². The predicted octanol–water partition coefficient (Wildman–Crippen LogP) is 3.29. The summed E-state index contributed by atoms with van der Waals surface area (Å²) >= 11 is 0. The number of rotatable bonds is 4. The van der Waals surface area contributed by atoms with E-state index in [-0.39, 0.29) is 6.04 Å². The highest BCUT2D eigenvalue weighted by molar-refractivity contribution is 5.29. The molecule has 0 saturated heterocycles. The van der Waals surface area contributed by atoms with E-state index in [0.717, 1.165) is 12.3 Å². The van der Waals surface area contributed by atoms with Crippen LogP contribution in [0.25, 0.3) is 0 Å². The Balaban J connectivity index is 2.29. The summed E-state index contributed by atoms with van der Waals surface area (Å²) in [4.78, 5) is 0. The quantitative estimate of drug-likeness (QED) is 0.846. The zero-order valence-corrected chi connectivity index (χ0v) is 9.73. The van der Waals surface area contributed by atoms with Crippen molar-refractivity contribution in [1.29, 1.82) is 0 Å². The lowest BCUT2D eigenvalue weighted by Crippen LogP contribution is -2.21. The Kier molecular flexibility index (Phi) is 3.42. The van der Waals surface area contributed by atoms with Gasteiger partial charge in [0.05, 0.1) is 12.3 Å². The maximum Gasteiger partial charge on any atom is 0.125 e. The fourth-order valence-corrected chi connectivity index (χ4v) is 1.80. The lowest BCUT2D eigenvalue weighted by atomic mass is 10.0. The average molecular weight is 215 g/mol. The molecule has 0 amide bonds. The molecule has 84 valence electrons. The summed E-state index contributed by atoms with van der Waals surface area (Å²) in [5.41, 5.74) is 2.51. The molecule has 0 bridgehead atoms. The van der Waals surface area contributed by atoms with Crippen LogP contribution >= 0.6 is 0 Å². The van der Waals surface area contributed by atoms with Gasteiger partial charge in [0.15, 0.2) is 0 Å². The Labute approximate surface area is 96.3 Å². The molecule has 1 heterocycles. The first-order valence-corrected chi connectivity index (χ1v) is 5.64. The third-order valence-electron chi connectivity index (χ3n) is 2.65. The van der Waals surface area contributed by atoms with E-state index in [0.29, 0.717) is 0 Å². The topological polar surface area (TPSA) is 25.2 Å². The molecule has 0 aliphatic carbocycles. The number of benzene rings is 1. The number of furan rings is 1. The van der Waals surface area contributed by atoms with Gasteiger partial charge in [0.1, 0.15) is 5.76 Å². The Bertz CT molecular complexity index is 417. The predicted molar refractivity (Wildman–Crippen MR) is 65.4 cm³/mol. The number of nitrogens with one attached hydrogen (secondary N) is 1. The van der Waals surface area contributed by atoms with Crippen molar-refractivity contribution in [3.05, 3.63) is 59.5 Å². The first kappa shape index (κ1) is 11.0. The number of hydrogen-bond donors (Lipinski definition) is 1. The van der Waals surface area contributed by atoms with Gasteiger partial charge in [-0.15, -0.1) is 0 Å². The van der Waals surface area contributed by atoms with E-state index in [1.807, 2.05) is 12.1 Å². The van der Waals surface area contributed by atoms with Gasteiger partial charge in [0, 0.05) is 0 Å². The third-order valence-corrected chi connectivity index (χ3v) is 2.65. The maximum atomic E-state index is 5.47. The second-order valence-corrected chi connectivity index (χ2v) is 3.92. The van der Waals surface area contributed by atoms with Crippen LogP contribution in [-0.2, 0) is 0 Å². The molecule has 2 aromatic rings. The summed E-state index contributed by atoms with van der Waals surface area (Å²) in [5, 5.41) is 3.43. The molecule has 1 N–H and O–H groups in total. The molecule has 1 aromatic carbocycles. The van der Waals surface area contributed by atoms with Crippen LogP contribution in [0, 0.1) is 6.92 Å². The van der Waals surface area contributed by atoms with E-state index in [9.17, 15) is 0 Å². The molecule has 0 saturated carbocycles. The molecule has 1 unspecified atom stereocenters. The van der Waals surface area contributed by atoms with Crippen molar-refractivity contribution in [2.24, 2.45) is 0 Å². The summed E-state index contributed by atoms with van der Waals surface area (Å²) in [5.74, 6) is 0.964. The zero-order valence-electron chi connectivity index (χ0n) is 9.73. The molecule has 16 heavy (non-hydrogen) atoms. The van der Waals surface area contributed by atoms with Crippen LogP contribution < -0.4 is 5.32 Å². The van der Waals surface area contributed by atoms with Gasteiger partial charge in [0.25, 0.3) is 0 Å². The fraction of sp³-hybridized carbons (Fsp3) is 0.286. The highest BCUT2D eigenvalue weighted by atomic mass is 16.3. The first-order chi connectivity index (χ1) is 7.81. The molecule has 0 fully saturated rings. The number of hydrogen-bond acceptors (Lipinski definition) is 2. The molecular weight excluding hydrogens is 198 g/mol. The largest absolute Gasteiger partial charge is 0.467 e. The smallest absolute Gasteiger partial charge is 0.125 e. The summed E-state index contributed by atoms with van der Waals surface area (Å²) in [6.07, 6.45) is 1.72. The van der Waals surface area contributed by atoms with Gasteiger partial charge in [-0.05, 0) is 31.2 Å². The lowest BCUT2D eigenvalue weighted by Gasteiger charge is -2.16. The van der Waals surface area contributed by atoms with E-state index in [1.54, 1.807) is 6.26 Å². The standard InChI is InChI=1S/C14H17NO/c1-3-15-14(13-5-4-10-16-13)12-8-6-11(2)7-9-12/h4-10,14-15H,3H2,1-2H3. The fourth-order valence-electron chi connectivity index (χ4n) is 1.80. The van der Waals surface area contributed by atoms with Crippen molar-refractivity contribution in [3.63, 3.8) is 0 Å². The maximum absolute atomic E-state index is 5.47. The minimum Gasteiger partial charge on any atom is -0.467 e. The average Bonchev–Trinajstić information content (AvgIpc) is 2.81. The monoisotopic (exact) mass is 215 g/mol.